The monoisotopic (exact) mass is 421 g/mol. The number of rotatable bonds is 7. The molecule has 6 nitrogen and oxygen atoms in total. The SMILES string of the molecule is Cc1cc(C)c(S(=O)(=O)N2CCC(C(=O)NCCCN3CCCC3)CC2)c(C)c1. The van der Waals surface area contributed by atoms with E-state index in [2.05, 4.69) is 10.2 Å². The van der Waals surface area contributed by atoms with Gasteiger partial charge in [-0.25, -0.2) is 8.42 Å². The fourth-order valence-corrected chi connectivity index (χ4v) is 6.61. The first-order valence-electron chi connectivity index (χ1n) is 10.9. The van der Waals surface area contributed by atoms with Crippen molar-refractivity contribution in [2.75, 3.05) is 39.3 Å². The molecule has 0 atom stereocenters. The predicted octanol–water partition coefficient (Wildman–Crippen LogP) is 2.61. The highest BCUT2D eigenvalue weighted by Gasteiger charge is 2.33. The number of benzene rings is 1. The van der Waals surface area contributed by atoms with Crippen molar-refractivity contribution in [3.05, 3.63) is 28.8 Å². The summed E-state index contributed by atoms with van der Waals surface area (Å²) in [4.78, 5) is 15.3. The zero-order valence-electron chi connectivity index (χ0n) is 18.0. The van der Waals surface area contributed by atoms with Gasteiger partial charge in [-0.3, -0.25) is 4.79 Å². The number of hydrogen-bond donors (Lipinski definition) is 1. The molecule has 7 heteroatoms. The minimum Gasteiger partial charge on any atom is -0.356 e. The van der Waals surface area contributed by atoms with E-state index in [-0.39, 0.29) is 11.8 Å². The number of nitrogens with zero attached hydrogens (tertiary/aromatic N) is 2. The summed E-state index contributed by atoms with van der Waals surface area (Å²) in [5.74, 6) is -0.0142. The van der Waals surface area contributed by atoms with Gasteiger partial charge in [0.15, 0.2) is 0 Å². The van der Waals surface area contributed by atoms with Crippen LogP contribution < -0.4 is 5.32 Å². The molecule has 29 heavy (non-hydrogen) atoms. The maximum Gasteiger partial charge on any atom is 0.243 e. The summed E-state index contributed by atoms with van der Waals surface area (Å²) in [6, 6.07) is 3.84. The lowest BCUT2D eigenvalue weighted by Gasteiger charge is -2.31. The van der Waals surface area contributed by atoms with Crippen molar-refractivity contribution in [3.63, 3.8) is 0 Å². The summed E-state index contributed by atoms with van der Waals surface area (Å²) in [7, 11) is -3.52. The summed E-state index contributed by atoms with van der Waals surface area (Å²) in [5.41, 5.74) is 2.65. The van der Waals surface area contributed by atoms with Gasteiger partial charge in [-0.05, 0) is 83.6 Å². The molecule has 0 aromatic heterocycles. The Labute approximate surface area is 175 Å². The third-order valence-corrected chi connectivity index (χ3v) is 8.38. The smallest absolute Gasteiger partial charge is 0.243 e. The first-order valence-corrected chi connectivity index (χ1v) is 12.3. The van der Waals surface area contributed by atoms with E-state index >= 15 is 0 Å². The van der Waals surface area contributed by atoms with Crippen molar-refractivity contribution in [1.82, 2.24) is 14.5 Å². The standard InChI is InChI=1S/C22H35N3O3S/c1-17-15-18(2)21(19(3)16-17)29(27,28)25-13-7-20(8-14-25)22(26)23-9-6-12-24-10-4-5-11-24/h15-16,20H,4-14H2,1-3H3,(H,23,26). The van der Waals surface area contributed by atoms with Gasteiger partial charge in [-0.15, -0.1) is 0 Å². The van der Waals surface area contributed by atoms with Crippen molar-refractivity contribution in [2.45, 2.75) is 57.8 Å². The van der Waals surface area contributed by atoms with E-state index in [0.29, 0.717) is 37.4 Å². The Morgan fingerprint density at radius 2 is 1.62 bits per heavy atom. The highest BCUT2D eigenvalue weighted by Crippen LogP contribution is 2.28. The van der Waals surface area contributed by atoms with Crippen LogP contribution in [-0.2, 0) is 14.8 Å². The van der Waals surface area contributed by atoms with Gasteiger partial charge in [-0.1, -0.05) is 17.7 Å². The van der Waals surface area contributed by atoms with Gasteiger partial charge in [0.05, 0.1) is 4.90 Å². The lowest BCUT2D eigenvalue weighted by Crippen LogP contribution is -2.43. The van der Waals surface area contributed by atoms with Crippen LogP contribution in [0.1, 0.15) is 48.8 Å². The molecule has 0 aliphatic carbocycles. The van der Waals surface area contributed by atoms with Crippen LogP contribution in [0.5, 0.6) is 0 Å². The first kappa shape index (κ1) is 22.2. The number of carbonyl (C=O) groups is 1. The van der Waals surface area contributed by atoms with Crippen LogP contribution in [0.25, 0.3) is 0 Å². The third kappa shape index (κ3) is 5.38. The molecule has 1 N–H and O–H groups in total. The van der Waals surface area contributed by atoms with Crippen LogP contribution in [0.4, 0.5) is 0 Å². The molecule has 2 heterocycles. The molecule has 3 rings (SSSR count). The molecular weight excluding hydrogens is 386 g/mol. The average Bonchev–Trinajstić information content (AvgIpc) is 3.17. The molecule has 0 saturated carbocycles. The number of likely N-dealkylation sites (tertiary alicyclic amines) is 1. The van der Waals surface area contributed by atoms with Crippen molar-refractivity contribution < 1.29 is 13.2 Å². The highest BCUT2D eigenvalue weighted by molar-refractivity contribution is 7.89. The minimum atomic E-state index is -3.52. The summed E-state index contributed by atoms with van der Waals surface area (Å²) >= 11 is 0. The highest BCUT2D eigenvalue weighted by atomic mass is 32.2. The topological polar surface area (TPSA) is 69.7 Å². The first-order chi connectivity index (χ1) is 13.8. The van der Waals surface area contributed by atoms with Crippen LogP contribution in [0.2, 0.25) is 0 Å². The van der Waals surface area contributed by atoms with E-state index in [1.165, 1.54) is 25.9 Å². The molecule has 2 aliphatic rings. The molecule has 0 spiro atoms. The van der Waals surface area contributed by atoms with Gasteiger partial charge in [0, 0.05) is 25.6 Å². The van der Waals surface area contributed by atoms with E-state index in [1.807, 2.05) is 32.9 Å². The second-order valence-corrected chi connectivity index (χ2v) is 10.5. The van der Waals surface area contributed by atoms with Crippen molar-refractivity contribution in [1.29, 1.82) is 0 Å². The van der Waals surface area contributed by atoms with Crippen molar-refractivity contribution in [3.8, 4) is 0 Å². The van der Waals surface area contributed by atoms with Crippen LogP contribution in [0.15, 0.2) is 17.0 Å². The van der Waals surface area contributed by atoms with Gasteiger partial charge >= 0.3 is 0 Å². The molecule has 2 aliphatic heterocycles. The van der Waals surface area contributed by atoms with Gasteiger partial charge in [-0.2, -0.15) is 4.31 Å². The Hall–Kier alpha value is -1.44. The number of carbonyl (C=O) groups excluding carboxylic acids is 1. The van der Waals surface area contributed by atoms with Crippen molar-refractivity contribution in [2.24, 2.45) is 5.92 Å². The number of piperidine rings is 1. The molecule has 0 unspecified atom stereocenters. The fraction of sp³-hybridized carbons (Fsp3) is 0.682. The number of sulfonamides is 1. The zero-order valence-corrected chi connectivity index (χ0v) is 18.9. The van der Waals surface area contributed by atoms with E-state index < -0.39 is 10.0 Å². The molecule has 0 radical (unpaired) electrons. The second-order valence-electron chi connectivity index (χ2n) is 8.60. The molecule has 1 aromatic rings. The maximum absolute atomic E-state index is 13.2. The van der Waals surface area contributed by atoms with E-state index in [4.69, 9.17) is 0 Å². The molecule has 1 aromatic carbocycles. The van der Waals surface area contributed by atoms with Gasteiger partial charge in [0.25, 0.3) is 0 Å². The Bertz CT molecular complexity index is 801. The van der Waals surface area contributed by atoms with Crippen LogP contribution >= 0.6 is 0 Å². The average molecular weight is 422 g/mol. The van der Waals surface area contributed by atoms with Crippen molar-refractivity contribution >= 4 is 15.9 Å². The number of aryl methyl sites for hydroxylation is 3. The maximum atomic E-state index is 13.2. The summed E-state index contributed by atoms with van der Waals surface area (Å²) < 4.78 is 27.9. The van der Waals surface area contributed by atoms with Gasteiger partial charge in [0.1, 0.15) is 0 Å². The second kappa shape index (κ2) is 9.58. The summed E-state index contributed by atoms with van der Waals surface area (Å²) in [5, 5.41) is 3.05. The zero-order chi connectivity index (χ0) is 21.0. The van der Waals surface area contributed by atoms with Crippen LogP contribution in [0.3, 0.4) is 0 Å². The molecule has 1 amide bonds. The lowest BCUT2D eigenvalue weighted by atomic mass is 9.97. The number of nitrogens with one attached hydrogen (secondary N) is 1. The number of hydrogen-bond acceptors (Lipinski definition) is 4. The Balaban J connectivity index is 1.50. The van der Waals surface area contributed by atoms with Gasteiger partial charge < -0.3 is 10.2 Å². The minimum absolute atomic E-state index is 0.0752. The summed E-state index contributed by atoms with van der Waals surface area (Å²) in [6.45, 7) is 10.6. The van der Waals surface area contributed by atoms with E-state index in [1.54, 1.807) is 4.31 Å². The van der Waals surface area contributed by atoms with Crippen LogP contribution in [-0.4, -0.2) is 62.8 Å². The quantitative estimate of drug-likeness (QED) is 0.687. The van der Waals surface area contributed by atoms with Crippen LogP contribution in [0, 0.1) is 26.7 Å². The normalized spacial score (nSPS) is 19.6. The molecular formula is C22H35N3O3S. The summed E-state index contributed by atoms with van der Waals surface area (Å²) in [6.07, 6.45) is 4.72. The third-order valence-electron chi connectivity index (χ3n) is 6.18. The Morgan fingerprint density at radius 1 is 1.03 bits per heavy atom. The largest absolute Gasteiger partial charge is 0.356 e. The Morgan fingerprint density at radius 3 is 2.21 bits per heavy atom. The number of amides is 1. The lowest BCUT2D eigenvalue weighted by molar-refractivity contribution is -0.126. The molecule has 0 bridgehead atoms. The molecule has 2 saturated heterocycles. The molecule has 162 valence electrons. The molecule has 2 fully saturated rings. The fourth-order valence-electron chi connectivity index (χ4n) is 4.73. The Kier molecular flexibility index (Phi) is 7.35. The van der Waals surface area contributed by atoms with E-state index in [0.717, 1.165) is 29.7 Å². The van der Waals surface area contributed by atoms with E-state index in [9.17, 15) is 13.2 Å². The predicted molar refractivity (Wildman–Crippen MR) is 115 cm³/mol. The van der Waals surface area contributed by atoms with Gasteiger partial charge in [0.2, 0.25) is 15.9 Å².